The molecule has 0 saturated heterocycles. The SMILES string of the molecule is CNCCC#Cc1cc(C#N)ccc1N. The monoisotopic (exact) mass is 199 g/mol. The number of nitriles is 1. The van der Waals surface area contributed by atoms with Crippen molar-refractivity contribution in [3.63, 3.8) is 0 Å². The molecule has 0 fully saturated rings. The molecule has 1 aromatic carbocycles. The van der Waals surface area contributed by atoms with Gasteiger partial charge in [0.15, 0.2) is 0 Å². The highest BCUT2D eigenvalue weighted by Crippen LogP contribution is 2.12. The maximum atomic E-state index is 8.71. The third-order valence-corrected chi connectivity index (χ3v) is 1.91. The van der Waals surface area contributed by atoms with Crippen LogP contribution >= 0.6 is 0 Å². The van der Waals surface area contributed by atoms with Gasteiger partial charge >= 0.3 is 0 Å². The fourth-order valence-corrected chi connectivity index (χ4v) is 1.08. The zero-order valence-corrected chi connectivity index (χ0v) is 8.67. The Kier molecular flexibility index (Phi) is 4.22. The number of nitrogens with one attached hydrogen (secondary N) is 1. The van der Waals surface area contributed by atoms with E-state index in [0.29, 0.717) is 11.3 Å². The molecule has 0 bridgehead atoms. The maximum Gasteiger partial charge on any atom is 0.0992 e. The molecule has 0 amide bonds. The summed E-state index contributed by atoms with van der Waals surface area (Å²) in [6.07, 6.45) is 0.771. The van der Waals surface area contributed by atoms with Crippen molar-refractivity contribution in [2.45, 2.75) is 6.42 Å². The van der Waals surface area contributed by atoms with Crippen molar-refractivity contribution in [2.75, 3.05) is 19.3 Å². The summed E-state index contributed by atoms with van der Waals surface area (Å²) >= 11 is 0. The second-order valence-electron chi connectivity index (χ2n) is 3.07. The molecule has 0 atom stereocenters. The van der Waals surface area contributed by atoms with Gasteiger partial charge in [-0.15, -0.1) is 0 Å². The lowest BCUT2D eigenvalue weighted by molar-refractivity contribution is 0.818. The number of hydrogen-bond acceptors (Lipinski definition) is 3. The van der Waals surface area contributed by atoms with Gasteiger partial charge in [0, 0.05) is 24.2 Å². The van der Waals surface area contributed by atoms with E-state index >= 15 is 0 Å². The third kappa shape index (κ3) is 3.34. The van der Waals surface area contributed by atoms with Crippen molar-refractivity contribution >= 4 is 5.69 Å². The summed E-state index contributed by atoms with van der Waals surface area (Å²) in [5, 5.41) is 11.7. The van der Waals surface area contributed by atoms with Crippen molar-refractivity contribution in [1.29, 1.82) is 5.26 Å². The first kappa shape index (κ1) is 11.1. The van der Waals surface area contributed by atoms with Crippen molar-refractivity contribution in [1.82, 2.24) is 5.32 Å². The van der Waals surface area contributed by atoms with Crippen LogP contribution in [0.5, 0.6) is 0 Å². The van der Waals surface area contributed by atoms with Crippen molar-refractivity contribution < 1.29 is 0 Å². The van der Waals surface area contributed by atoms with Crippen LogP contribution in [0.4, 0.5) is 5.69 Å². The van der Waals surface area contributed by atoms with Crippen LogP contribution in [0.3, 0.4) is 0 Å². The van der Waals surface area contributed by atoms with Gasteiger partial charge < -0.3 is 11.1 Å². The highest BCUT2D eigenvalue weighted by atomic mass is 14.8. The van der Waals surface area contributed by atoms with E-state index in [2.05, 4.69) is 23.2 Å². The average molecular weight is 199 g/mol. The molecular formula is C12H13N3. The van der Waals surface area contributed by atoms with Gasteiger partial charge in [-0.05, 0) is 25.2 Å². The fourth-order valence-electron chi connectivity index (χ4n) is 1.08. The van der Waals surface area contributed by atoms with Crippen LogP contribution in [0.15, 0.2) is 18.2 Å². The number of rotatable bonds is 2. The summed E-state index contributed by atoms with van der Waals surface area (Å²) in [7, 11) is 1.88. The molecule has 0 spiro atoms. The predicted octanol–water partition coefficient (Wildman–Crippen LogP) is 1.10. The molecule has 0 saturated carbocycles. The quantitative estimate of drug-likeness (QED) is 0.426. The molecule has 0 aliphatic carbocycles. The highest BCUT2D eigenvalue weighted by Gasteiger charge is 1.96. The minimum atomic E-state index is 0.585. The summed E-state index contributed by atoms with van der Waals surface area (Å²) < 4.78 is 0. The number of benzene rings is 1. The first-order valence-corrected chi connectivity index (χ1v) is 4.71. The van der Waals surface area contributed by atoms with Gasteiger partial charge in [0.1, 0.15) is 0 Å². The average Bonchev–Trinajstić information content (AvgIpc) is 2.26. The molecule has 1 aromatic rings. The highest BCUT2D eigenvalue weighted by molar-refractivity contribution is 5.58. The summed E-state index contributed by atoms with van der Waals surface area (Å²) in [5.74, 6) is 5.95. The standard InChI is InChI=1S/C12H13N3/c1-15-7-3-2-4-11-8-10(9-13)5-6-12(11)14/h5-6,8,15H,3,7,14H2,1H3. The Morgan fingerprint density at radius 2 is 2.27 bits per heavy atom. The van der Waals surface area contributed by atoms with Gasteiger partial charge in [-0.3, -0.25) is 0 Å². The Bertz CT molecular complexity index is 432. The first-order valence-electron chi connectivity index (χ1n) is 4.71. The van der Waals surface area contributed by atoms with Crippen molar-refractivity contribution in [3.8, 4) is 17.9 Å². The minimum absolute atomic E-state index is 0.585. The Balaban J connectivity index is 2.83. The van der Waals surface area contributed by atoms with E-state index in [-0.39, 0.29) is 0 Å². The normalized spacial score (nSPS) is 8.80. The van der Waals surface area contributed by atoms with Gasteiger partial charge in [-0.25, -0.2) is 0 Å². The van der Waals surface area contributed by atoms with E-state index in [0.717, 1.165) is 18.5 Å². The fraction of sp³-hybridized carbons (Fsp3) is 0.250. The summed E-state index contributed by atoms with van der Waals surface area (Å²) in [6.45, 7) is 0.852. The van der Waals surface area contributed by atoms with Gasteiger partial charge in [0.2, 0.25) is 0 Å². The van der Waals surface area contributed by atoms with E-state index in [9.17, 15) is 0 Å². The predicted molar refractivity (Wildman–Crippen MR) is 61.0 cm³/mol. The van der Waals surface area contributed by atoms with Crippen LogP contribution in [0, 0.1) is 23.2 Å². The van der Waals surface area contributed by atoms with Crippen LogP contribution in [0.2, 0.25) is 0 Å². The Morgan fingerprint density at radius 3 is 2.93 bits per heavy atom. The van der Waals surface area contributed by atoms with E-state index in [1.807, 2.05) is 7.05 Å². The van der Waals surface area contributed by atoms with Gasteiger partial charge in [-0.1, -0.05) is 11.8 Å². The summed E-state index contributed by atoms with van der Waals surface area (Å²) in [4.78, 5) is 0. The molecule has 0 heterocycles. The molecule has 0 aliphatic rings. The second-order valence-corrected chi connectivity index (χ2v) is 3.07. The van der Waals surface area contributed by atoms with Crippen LogP contribution in [-0.2, 0) is 0 Å². The molecule has 76 valence electrons. The molecule has 1 rings (SSSR count). The number of anilines is 1. The van der Waals surface area contributed by atoms with Gasteiger partial charge in [0.25, 0.3) is 0 Å². The lowest BCUT2D eigenvalue weighted by Gasteiger charge is -1.97. The van der Waals surface area contributed by atoms with E-state index in [1.54, 1.807) is 18.2 Å². The van der Waals surface area contributed by atoms with E-state index in [4.69, 9.17) is 11.0 Å². The van der Waals surface area contributed by atoms with E-state index < -0.39 is 0 Å². The van der Waals surface area contributed by atoms with Crippen molar-refractivity contribution in [2.24, 2.45) is 0 Å². The van der Waals surface area contributed by atoms with Crippen LogP contribution in [0.25, 0.3) is 0 Å². The molecule has 15 heavy (non-hydrogen) atoms. The smallest absolute Gasteiger partial charge is 0.0992 e. The van der Waals surface area contributed by atoms with Crippen LogP contribution in [-0.4, -0.2) is 13.6 Å². The molecule has 0 radical (unpaired) electrons. The molecule has 0 unspecified atom stereocenters. The number of nitrogens with zero attached hydrogens (tertiary/aromatic N) is 1. The third-order valence-electron chi connectivity index (χ3n) is 1.91. The lowest BCUT2D eigenvalue weighted by atomic mass is 10.1. The Morgan fingerprint density at radius 1 is 1.47 bits per heavy atom. The topological polar surface area (TPSA) is 61.8 Å². The van der Waals surface area contributed by atoms with Crippen LogP contribution in [0.1, 0.15) is 17.5 Å². The molecule has 3 nitrogen and oxygen atoms in total. The zero-order chi connectivity index (χ0) is 11.1. The Labute approximate surface area is 89.9 Å². The second kappa shape index (κ2) is 5.70. The molecule has 3 N–H and O–H groups in total. The zero-order valence-electron chi connectivity index (χ0n) is 8.67. The molecular weight excluding hydrogens is 186 g/mol. The number of nitrogens with two attached hydrogens (primary N) is 1. The van der Waals surface area contributed by atoms with E-state index in [1.165, 1.54) is 0 Å². The first-order chi connectivity index (χ1) is 7.27. The summed E-state index contributed by atoms with van der Waals surface area (Å²) in [5.41, 5.74) is 7.66. The van der Waals surface area contributed by atoms with Gasteiger partial charge in [0.05, 0.1) is 11.6 Å². The minimum Gasteiger partial charge on any atom is -0.398 e. The molecule has 3 heteroatoms. The van der Waals surface area contributed by atoms with Gasteiger partial charge in [-0.2, -0.15) is 5.26 Å². The van der Waals surface area contributed by atoms with Crippen molar-refractivity contribution in [3.05, 3.63) is 29.3 Å². The maximum absolute atomic E-state index is 8.71. The number of hydrogen-bond donors (Lipinski definition) is 2. The molecule has 0 aliphatic heterocycles. The lowest BCUT2D eigenvalue weighted by Crippen LogP contribution is -2.05. The summed E-state index contributed by atoms with van der Waals surface area (Å²) in [6, 6.07) is 7.17. The Hall–Kier alpha value is -1.97. The number of nitrogen functional groups attached to an aromatic ring is 1. The van der Waals surface area contributed by atoms with Crippen LogP contribution < -0.4 is 11.1 Å². The molecule has 0 aromatic heterocycles. The largest absolute Gasteiger partial charge is 0.398 e.